The maximum Gasteiger partial charge on any atom is 0.184 e. The van der Waals surface area contributed by atoms with Crippen molar-refractivity contribution in [2.75, 3.05) is 12.4 Å². The summed E-state index contributed by atoms with van der Waals surface area (Å²) in [6, 6.07) is 14.6. The van der Waals surface area contributed by atoms with Crippen LogP contribution >= 0.6 is 11.3 Å². The topological polar surface area (TPSA) is 34.1 Å². The van der Waals surface area contributed by atoms with E-state index in [2.05, 4.69) is 48.4 Å². The summed E-state index contributed by atoms with van der Waals surface area (Å²) in [7, 11) is 1.68. The fourth-order valence-electron chi connectivity index (χ4n) is 2.43. The maximum absolute atomic E-state index is 5.26. The number of rotatable bonds is 4. The first-order valence-corrected chi connectivity index (χ1v) is 7.75. The van der Waals surface area contributed by atoms with Crippen LogP contribution in [0.15, 0.2) is 42.5 Å². The number of aryl methyl sites for hydroxylation is 1. The van der Waals surface area contributed by atoms with Gasteiger partial charge in [0.2, 0.25) is 0 Å². The van der Waals surface area contributed by atoms with Crippen LogP contribution in [0.2, 0.25) is 0 Å². The van der Waals surface area contributed by atoms with Gasteiger partial charge in [0.05, 0.1) is 23.4 Å². The molecule has 0 bridgehead atoms. The lowest BCUT2D eigenvalue weighted by molar-refractivity contribution is 0.415. The molecule has 0 aliphatic heterocycles. The fourth-order valence-corrected chi connectivity index (χ4v) is 3.41. The molecule has 1 heterocycles. The molecule has 0 saturated heterocycles. The normalized spacial score (nSPS) is 12.3. The molecule has 0 aliphatic carbocycles. The third kappa shape index (κ3) is 2.85. The van der Waals surface area contributed by atoms with Crippen molar-refractivity contribution in [2.24, 2.45) is 0 Å². The molecule has 4 heteroatoms. The quantitative estimate of drug-likeness (QED) is 0.752. The minimum absolute atomic E-state index is 0.230. The van der Waals surface area contributed by atoms with Crippen LogP contribution < -0.4 is 10.1 Å². The molecule has 1 N–H and O–H groups in total. The minimum atomic E-state index is 0.230. The lowest BCUT2D eigenvalue weighted by Crippen LogP contribution is -2.07. The first kappa shape index (κ1) is 13.9. The second kappa shape index (κ2) is 5.74. The van der Waals surface area contributed by atoms with Crippen LogP contribution in [0.1, 0.15) is 24.1 Å². The first-order valence-electron chi connectivity index (χ1n) is 6.94. The first-order chi connectivity index (χ1) is 10.2. The smallest absolute Gasteiger partial charge is 0.184 e. The number of nitrogens with one attached hydrogen (secondary N) is 1. The molecular formula is C17H18N2OS. The Hall–Kier alpha value is -2.07. The van der Waals surface area contributed by atoms with E-state index in [1.807, 2.05) is 18.2 Å². The molecule has 0 amide bonds. The highest BCUT2D eigenvalue weighted by Crippen LogP contribution is 2.31. The summed E-state index contributed by atoms with van der Waals surface area (Å²) in [4.78, 5) is 4.64. The number of nitrogens with zero attached hydrogens (tertiary/aromatic N) is 1. The predicted molar refractivity (Wildman–Crippen MR) is 89.4 cm³/mol. The number of anilines is 1. The van der Waals surface area contributed by atoms with Crippen LogP contribution in [0.4, 0.5) is 5.13 Å². The average Bonchev–Trinajstić information content (AvgIpc) is 2.88. The van der Waals surface area contributed by atoms with Crippen LogP contribution in [0.25, 0.3) is 10.2 Å². The summed E-state index contributed by atoms with van der Waals surface area (Å²) in [5, 5.41) is 4.43. The van der Waals surface area contributed by atoms with Crippen molar-refractivity contribution >= 4 is 26.7 Å². The molecule has 1 atom stereocenters. The lowest BCUT2D eigenvalue weighted by Gasteiger charge is -2.15. The molecule has 3 nitrogen and oxygen atoms in total. The maximum atomic E-state index is 5.26. The summed E-state index contributed by atoms with van der Waals surface area (Å²) in [6.07, 6.45) is 0. The van der Waals surface area contributed by atoms with Crippen LogP contribution in [0.5, 0.6) is 5.75 Å². The molecule has 1 aromatic heterocycles. The summed E-state index contributed by atoms with van der Waals surface area (Å²) in [6.45, 7) is 4.30. The molecule has 0 radical (unpaired) electrons. The van der Waals surface area contributed by atoms with Crippen LogP contribution in [0, 0.1) is 6.92 Å². The van der Waals surface area contributed by atoms with Crippen molar-refractivity contribution in [1.82, 2.24) is 4.98 Å². The molecular weight excluding hydrogens is 280 g/mol. The molecule has 0 saturated carbocycles. The van der Waals surface area contributed by atoms with E-state index in [4.69, 9.17) is 4.74 Å². The van der Waals surface area contributed by atoms with Gasteiger partial charge in [-0.1, -0.05) is 35.6 Å². The van der Waals surface area contributed by atoms with E-state index in [9.17, 15) is 0 Å². The van der Waals surface area contributed by atoms with Gasteiger partial charge in [0, 0.05) is 0 Å². The van der Waals surface area contributed by atoms with Gasteiger partial charge in [-0.2, -0.15) is 0 Å². The molecule has 3 rings (SSSR count). The third-order valence-electron chi connectivity index (χ3n) is 3.59. The van der Waals surface area contributed by atoms with E-state index in [1.54, 1.807) is 18.4 Å². The van der Waals surface area contributed by atoms with Gasteiger partial charge in [0.1, 0.15) is 5.75 Å². The van der Waals surface area contributed by atoms with E-state index in [0.717, 1.165) is 21.1 Å². The minimum Gasteiger partial charge on any atom is -0.497 e. The van der Waals surface area contributed by atoms with Gasteiger partial charge in [0.25, 0.3) is 0 Å². The molecule has 1 unspecified atom stereocenters. The molecule has 21 heavy (non-hydrogen) atoms. The summed E-state index contributed by atoms with van der Waals surface area (Å²) in [5.74, 6) is 0.865. The monoisotopic (exact) mass is 298 g/mol. The third-order valence-corrected chi connectivity index (χ3v) is 4.54. The van der Waals surface area contributed by atoms with E-state index in [1.165, 1.54) is 11.1 Å². The SMILES string of the molecule is COc1ccc2nc(NC(C)c3ccccc3C)sc2c1. The Morgan fingerprint density at radius 1 is 1.19 bits per heavy atom. The second-order valence-corrected chi connectivity index (χ2v) is 6.11. The van der Waals surface area contributed by atoms with Crippen molar-refractivity contribution in [1.29, 1.82) is 0 Å². The number of aromatic nitrogens is 1. The van der Waals surface area contributed by atoms with E-state index < -0.39 is 0 Å². The van der Waals surface area contributed by atoms with E-state index in [-0.39, 0.29) is 6.04 Å². The molecule has 0 spiro atoms. The lowest BCUT2D eigenvalue weighted by atomic mass is 10.0. The zero-order chi connectivity index (χ0) is 14.8. The Morgan fingerprint density at radius 2 is 2.00 bits per heavy atom. The number of benzene rings is 2. The summed E-state index contributed by atoms with van der Waals surface area (Å²) >= 11 is 1.65. The zero-order valence-electron chi connectivity index (χ0n) is 12.4. The number of fused-ring (bicyclic) bond motifs is 1. The largest absolute Gasteiger partial charge is 0.497 e. The van der Waals surface area contributed by atoms with Crippen molar-refractivity contribution in [3.63, 3.8) is 0 Å². The van der Waals surface area contributed by atoms with Crippen molar-refractivity contribution in [2.45, 2.75) is 19.9 Å². The zero-order valence-corrected chi connectivity index (χ0v) is 13.2. The van der Waals surface area contributed by atoms with E-state index in [0.29, 0.717) is 0 Å². The highest BCUT2D eigenvalue weighted by molar-refractivity contribution is 7.22. The van der Waals surface area contributed by atoms with Gasteiger partial charge >= 0.3 is 0 Å². The standard InChI is InChI=1S/C17H18N2OS/c1-11-6-4-5-7-14(11)12(2)18-17-19-15-9-8-13(20-3)10-16(15)21-17/h4-10,12H,1-3H3,(H,18,19). The highest BCUT2D eigenvalue weighted by Gasteiger charge is 2.11. The molecule has 0 fully saturated rings. The predicted octanol–water partition coefficient (Wildman–Crippen LogP) is 4.79. The Bertz CT molecular complexity index is 766. The Morgan fingerprint density at radius 3 is 2.76 bits per heavy atom. The van der Waals surface area contributed by atoms with Crippen LogP contribution in [-0.2, 0) is 0 Å². The van der Waals surface area contributed by atoms with E-state index >= 15 is 0 Å². The van der Waals surface area contributed by atoms with Crippen molar-refractivity contribution in [3.8, 4) is 5.75 Å². The Labute approximate surface area is 128 Å². The summed E-state index contributed by atoms with van der Waals surface area (Å²) < 4.78 is 6.39. The molecule has 0 aliphatic rings. The van der Waals surface area contributed by atoms with Crippen LogP contribution in [0.3, 0.4) is 0 Å². The van der Waals surface area contributed by atoms with Crippen molar-refractivity contribution < 1.29 is 4.74 Å². The van der Waals surface area contributed by atoms with Gasteiger partial charge in [-0.25, -0.2) is 4.98 Å². The highest BCUT2D eigenvalue weighted by atomic mass is 32.1. The average molecular weight is 298 g/mol. The number of ether oxygens (including phenoxy) is 1. The number of hydrogen-bond donors (Lipinski definition) is 1. The van der Waals surface area contributed by atoms with Crippen LogP contribution in [-0.4, -0.2) is 12.1 Å². The number of hydrogen-bond acceptors (Lipinski definition) is 4. The number of thiazole rings is 1. The van der Waals surface area contributed by atoms with Gasteiger partial charge in [0.15, 0.2) is 5.13 Å². The Balaban J connectivity index is 1.86. The van der Waals surface area contributed by atoms with Gasteiger partial charge in [-0.05, 0) is 43.2 Å². The summed E-state index contributed by atoms with van der Waals surface area (Å²) in [5.41, 5.74) is 3.59. The fraction of sp³-hybridized carbons (Fsp3) is 0.235. The Kier molecular flexibility index (Phi) is 3.80. The molecule has 2 aromatic carbocycles. The molecule has 108 valence electrons. The second-order valence-electron chi connectivity index (χ2n) is 5.08. The molecule has 3 aromatic rings. The number of methoxy groups -OCH3 is 1. The van der Waals surface area contributed by atoms with Gasteiger partial charge in [-0.3, -0.25) is 0 Å². The van der Waals surface area contributed by atoms with Gasteiger partial charge in [-0.15, -0.1) is 0 Å². The van der Waals surface area contributed by atoms with Crippen molar-refractivity contribution in [3.05, 3.63) is 53.6 Å². The van der Waals surface area contributed by atoms with Gasteiger partial charge < -0.3 is 10.1 Å².